The Bertz CT molecular complexity index is 4920. The smallest absolute Gasteiger partial charge is 0.126 e. The van der Waals surface area contributed by atoms with Gasteiger partial charge in [-0.25, -0.2) is 4.39 Å². The van der Waals surface area contributed by atoms with Gasteiger partial charge in [-0.05, 0) is 330 Å². The lowest BCUT2D eigenvalue weighted by Crippen LogP contribution is -1.95. The first-order valence-electron chi connectivity index (χ1n) is 48.5. The molecule has 0 aliphatic heterocycles. The van der Waals surface area contributed by atoms with Crippen molar-refractivity contribution in [2.24, 2.45) is 0 Å². The van der Waals surface area contributed by atoms with Gasteiger partial charge in [-0.1, -0.05) is 445 Å². The van der Waals surface area contributed by atoms with Crippen LogP contribution in [0.15, 0.2) is 255 Å². The number of hydrogen-bond donors (Lipinski definition) is 1. The fraction of sp³-hybridized carbons (Fsp3) is 0.406. The number of terminal acetylenes is 1. The highest BCUT2D eigenvalue weighted by Gasteiger charge is 2.13. The largest absolute Gasteiger partial charge is 0.392 e. The number of aryl methyl sites for hydroxylation is 12. The van der Waals surface area contributed by atoms with E-state index in [1.165, 1.54) is 145 Å². The minimum atomic E-state index is -0.0833. The molecule has 0 saturated carbocycles. The van der Waals surface area contributed by atoms with E-state index in [1.807, 2.05) is 87.5 Å². The molecule has 12 rings (SSSR count). The number of hydrogen-bond acceptors (Lipinski definition) is 1. The Morgan fingerprint density at radius 1 is 0.290 bits per heavy atom. The third-order valence-electron chi connectivity index (χ3n) is 23.8. The van der Waals surface area contributed by atoms with Crippen molar-refractivity contribution in [3.8, 4) is 12.3 Å². The number of aliphatic hydroxyl groups excluding tert-OH is 1. The van der Waals surface area contributed by atoms with E-state index in [4.69, 9.17) is 23.1 Å². The number of halogens is 2. The van der Waals surface area contributed by atoms with Crippen LogP contribution in [0.5, 0.6) is 0 Å². The Morgan fingerprint density at radius 2 is 0.580 bits per heavy atom. The molecule has 0 heterocycles. The zero-order chi connectivity index (χ0) is 99.6. The molecule has 0 saturated heterocycles. The summed E-state index contributed by atoms with van der Waals surface area (Å²) >= 11 is 6.02. The Labute approximate surface area is 808 Å². The number of benzene rings is 12. The molecule has 3 heteroatoms. The van der Waals surface area contributed by atoms with E-state index in [9.17, 15) is 4.39 Å². The third-order valence-corrected chi connectivity index (χ3v) is 24.1. The predicted octanol–water partition coefficient (Wildman–Crippen LogP) is 39.2. The average molecular weight is 1790 g/mol. The minimum absolute atomic E-state index is 0.0833. The summed E-state index contributed by atoms with van der Waals surface area (Å²) in [5.41, 5.74) is 39.0. The molecule has 0 radical (unpaired) electrons. The maximum atomic E-state index is 13.1. The summed E-state index contributed by atoms with van der Waals surface area (Å²) in [4.78, 5) is 0. The molecule has 0 bridgehead atoms. The summed E-state index contributed by atoms with van der Waals surface area (Å²) in [6, 6.07) is 85.7. The fourth-order valence-corrected chi connectivity index (χ4v) is 16.7. The van der Waals surface area contributed by atoms with Crippen LogP contribution in [0.3, 0.4) is 0 Å². The van der Waals surface area contributed by atoms with Gasteiger partial charge in [-0.2, -0.15) is 0 Å². The summed E-state index contributed by atoms with van der Waals surface area (Å²) in [7, 11) is 0. The van der Waals surface area contributed by atoms with Gasteiger partial charge in [0.05, 0.1) is 6.61 Å². The van der Waals surface area contributed by atoms with Crippen molar-refractivity contribution in [1.29, 1.82) is 0 Å². The number of rotatable bonds is 15. The highest BCUT2D eigenvalue weighted by molar-refractivity contribution is 6.31. The molecule has 131 heavy (non-hydrogen) atoms. The lowest BCUT2D eigenvalue weighted by atomic mass is 9.94. The maximum absolute atomic E-state index is 13.1. The fourth-order valence-electron chi connectivity index (χ4n) is 16.3. The van der Waals surface area contributed by atoms with Crippen LogP contribution in [-0.2, 0) is 13.0 Å². The van der Waals surface area contributed by atoms with Gasteiger partial charge in [0.2, 0.25) is 0 Å². The van der Waals surface area contributed by atoms with Crippen LogP contribution in [0, 0.1) is 108 Å². The van der Waals surface area contributed by atoms with E-state index < -0.39 is 0 Å². The zero-order valence-corrected chi connectivity index (χ0v) is 89.8. The summed E-state index contributed by atoms with van der Waals surface area (Å²) in [5, 5.41) is 9.86. The van der Waals surface area contributed by atoms with Crippen molar-refractivity contribution in [3.63, 3.8) is 0 Å². The van der Waals surface area contributed by atoms with E-state index >= 15 is 0 Å². The molecular formula is C128H176ClFO. The lowest BCUT2D eigenvalue weighted by molar-refractivity contribution is 0.280. The van der Waals surface area contributed by atoms with Gasteiger partial charge in [0.25, 0.3) is 0 Å². The van der Waals surface area contributed by atoms with E-state index in [1.54, 1.807) is 6.07 Å². The second-order valence-electron chi connectivity index (χ2n) is 38.7. The van der Waals surface area contributed by atoms with Gasteiger partial charge in [-0.3, -0.25) is 0 Å². The molecule has 0 aliphatic rings. The predicted molar refractivity (Wildman–Crippen MR) is 586 cm³/mol. The second-order valence-corrected chi connectivity index (χ2v) is 39.1. The second kappa shape index (κ2) is 63.3. The van der Waals surface area contributed by atoms with Crippen molar-refractivity contribution in [3.05, 3.63) is 427 Å². The van der Waals surface area contributed by atoms with Crippen LogP contribution in [0.1, 0.15) is 405 Å². The maximum Gasteiger partial charge on any atom is 0.126 e. The number of aliphatic hydroxyl groups is 1. The first-order valence-corrected chi connectivity index (χ1v) is 48.9. The van der Waals surface area contributed by atoms with Gasteiger partial charge >= 0.3 is 0 Å². The first kappa shape index (κ1) is 119. The van der Waals surface area contributed by atoms with Crippen LogP contribution in [0.4, 0.5) is 4.39 Å². The van der Waals surface area contributed by atoms with Crippen LogP contribution in [0.2, 0.25) is 5.02 Å². The van der Waals surface area contributed by atoms with Gasteiger partial charge in [-0.15, -0.1) is 6.42 Å². The molecule has 1 nitrogen and oxygen atoms in total. The third kappa shape index (κ3) is 43.1. The average Bonchev–Trinajstić information content (AvgIpc) is 0.856. The molecule has 1 N–H and O–H groups in total. The van der Waals surface area contributed by atoms with Crippen molar-refractivity contribution in [2.75, 3.05) is 0 Å². The van der Waals surface area contributed by atoms with Crippen LogP contribution in [-0.4, -0.2) is 5.11 Å². The molecule has 0 fully saturated rings. The topological polar surface area (TPSA) is 20.2 Å². The van der Waals surface area contributed by atoms with Gasteiger partial charge in [0, 0.05) is 10.6 Å². The van der Waals surface area contributed by atoms with Crippen LogP contribution in [0.25, 0.3) is 6.08 Å². The summed E-state index contributed by atoms with van der Waals surface area (Å²) in [5.74, 6) is 9.54. The van der Waals surface area contributed by atoms with E-state index in [-0.39, 0.29) is 18.3 Å². The highest BCUT2D eigenvalue weighted by atomic mass is 35.5. The Morgan fingerprint density at radius 3 is 0.863 bits per heavy atom. The molecule has 0 aliphatic carbocycles. The molecule has 0 unspecified atom stereocenters. The van der Waals surface area contributed by atoms with E-state index in [2.05, 4.69) is 431 Å². The van der Waals surface area contributed by atoms with Crippen LogP contribution >= 0.6 is 11.6 Å². The minimum Gasteiger partial charge on any atom is -0.392 e. The Kier molecular flexibility index (Phi) is 57.5. The Hall–Kier alpha value is -9.88. The lowest BCUT2D eigenvalue weighted by Gasteiger charge is -2.12. The first-order chi connectivity index (χ1) is 61.6. The Balaban J connectivity index is 0.000000715. The molecule has 0 aromatic heterocycles. The van der Waals surface area contributed by atoms with Crippen LogP contribution < -0.4 is 0 Å². The monoisotopic (exact) mass is 1780 g/mol. The van der Waals surface area contributed by atoms with Gasteiger partial charge in [0.15, 0.2) is 0 Å². The van der Waals surface area contributed by atoms with Crippen molar-refractivity contribution < 1.29 is 9.50 Å². The standard InChI is InChI=1S/6C11H16.C11H14.C11H12.C10H13Cl.C10H13F.C10H14O.C10H14/c2*1-8(2)11-7-9(3)5-6-10(11)4;2*1-8(2)11-7-5-6-9(3)10(11)4;1-8(2)11-9(3)6-5-7-10(11)4;3*1-4-10-7-5-6-8-11(10)9(2)3;2*1-7(2)10-8(3)5-4-6-9(10)11;1-8(2)10-6-4-3-5-9(10)7-11;1-8(2)10-7-5-4-6-9(10)3/h5*5-8H,1-4H3;5-9H,4H2,1-3H3;4-9H,1H2,2-3H3;1,5-9H,2-3H3;2*4-7H,1-3H3;3-6,8,11H,7H2,1-2H3;4-8H,1-3H3. The summed E-state index contributed by atoms with van der Waals surface area (Å²) in [6.07, 6.45) is 8.40. The summed E-state index contributed by atoms with van der Waals surface area (Å²) in [6.45, 7) is 86.7. The highest BCUT2D eigenvalue weighted by Crippen LogP contribution is 2.31. The molecule has 0 atom stereocenters. The normalized spacial score (nSPS) is 10.5. The van der Waals surface area contributed by atoms with Crippen molar-refractivity contribution >= 4 is 17.7 Å². The molecule has 12 aromatic rings. The van der Waals surface area contributed by atoms with Crippen molar-refractivity contribution in [2.45, 2.75) is 347 Å². The summed E-state index contributed by atoms with van der Waals surface area (Å²) < 4.78 is 13.1. The van der Waals surface area contributed by atoms with Gasteiger partial charge in [0.1, 0.15) is 5.82 Å². The van der Waals surface area contributed by atoms with E-state index in [0.717, 1.165) is 33.7 Å². The van der Waals surface area contributed by atoms with E-state index in [0.29, 0.717) is 65.1 Å². The molecule has 708 valence electrons. The molecule has 12 aromatic carbocycles. The zero-order valence-electron chi connectivity index (χ0n) is 89.1. The SMILES string of the molecule is C#Cc1ccccc1C(C)C.C=Cc1ccccc1C(C)C.CC(C)c1ccccc1CO.CCc1ccccc1C(C)C.Cc1ccc(C)c(C(C)C)c1.Cc1ccc(C)c(C(C)C)c1.Cc1cccc(C(C)C)c1C.Cc1cccc(C(C)C)c1C.Cc1cccc(C)c1C(C)C.Cc1cccc(Cl)c1C(C)C.Cc1cccc(F)c1C(C)C.Cc1ccccc1C(C)C. The van der Waals surface area contributed by atoms with Gasteiger partial charge < -0.3 is 5.11 Å². The molecule has 0 amide bonds. The quantitative estimate of drug-likeness (QED) is 0.101. The molecular weight excluding hydrogens is 1610 g/mol. The van der Waals surface area contributed by atoms with Crippen molar-refractivity contribution in [1.82, 2.24) is 0 Å². The molecule has 0 spiro atoms.